The summed E-state index contributed by atoms with van der Waals surface area (Å²) in [6.07, 6.45) is 3.12. The number of anilines is 3. The van der Waals surface area contributed by atoms with E-state index in [0.717, 1.165) is 11.4 Å². The fourth-order valence-electron chi connectivity index (χ4n) is 2.61. The molecule has 0 atom stereocenters. The van der Waals surface area contributed by atoms with Crippen molar-refractivity contribution in [2.75, 3.05) is 24.4 Å². The summed E-state index contributed by atoms with van der Waals surface area (Å²) in [7, 11) is 1.32. The van der Waals surface area contributed by atoms with Gasteiger partial charge in [0, 0.05) is 17.6 Å². The van der Waals surface area contributed by atoms with Gasteiger partial charge < -0.3 is 20.1 Å². The van der Waals surface area contributed by atoms with Crippen molar-refractivity contribution in [2.45, 2.75) is 6.92 Å². The summed E-state index contributed by atoms with van der Waals surface area (Å²) >= 11 is 0. The van der Waals surface area contributed by atoms with Crippen molar-refractivity contribution in [1.82, 2.24) is 4.98 Å². The Labute approximate surface area is 168 Å². The van der Waals surface area contributed by atoms with Crippen molar-refractivity contribution in [1.29, 1.82) is 0 Å². The van der Waals surface area contributed by atoms with Crippen molar-refractivity contribution in [3.63, 3.8) is 0 Å². The number of hydrogen-bond donors (Lipinski definition) is 2. The van der Waals surface area contributed by atoms with Gasteiger partial charge in [-0.05, 0) is 61.5 Å². The molecule has 3 rings (SSSR count). The van der Waals surface area contributed by atoms with Crippen molar-refractivity contribution < 1.29 is 19.1 Å². The summed E-state index contributed by atoms with van der Waals surface area (Å²) in [5.41, 5.74) is 2.91. The van der Waals surface area contributed by atoms with Crippen LogP contribution in [0, 0.1) is 0 Å². The molecule has 7 nitrogen and oxygen atoms in total. The maximum Gasteiger partial charge on any atom is 0.337 e. The van der Waals surface area contributed by atoms with E-state index in [9.17, 15) is 9.59 Å². The monoisotopic (exact) mass is 391 g/mol. The van der Waals surface area contributed by atoms with Gasteiger partial charge in [0.15, 0.2) is 0 Å². The van der Waals surface area contributed by atoms with Gasteiger partial charge in [-0.3, -0.25) is 9.78 Å². The summed E-state index contributed by atoms with van der Waals surface area (Å²) in [6.45, 7) is 2.54. The van der Waals surface area contributed by atoms with Gasteiger partial charge in [-0.2, -0.15) is 0 Å². The molecule has 2 N–H and O–H groups in total. The van der Waals surface area contributed by atoms with Crippen molar-refractivity contribution in [3.8, 4) is 5.75 Å². The van der Waals surface area contributed by atoms with E-state index in [-0.39, 0.29) is 5.91 Å². The lowest BCUT2D eigenvalue weighted by molar-refractivity contribution is 0.0600. The van der Waals surface area contributed by atoms with E-state index >= 15 is 0 Å². The Morgan fingerprint density at radius 3 is 2.24 bits per heavy atom. The van der Waals surface area contributed by atoms with Crippen LogP contribution in [0.15, 0.2) is 67.0 Å². The first-order valence-corrected chi connectivity index (χ1v) is 9.03. The minimum Gasteiger partial charge on any atom is -0.494 e. The van der Waals surface area contributed by atoms with E-state index < -0.39 is 5.97 Å². The number of esters is 1. The number of amides is 1. The number of hydrogen-bond acceptors (Lipinski definition) is 6. The number of aromatic nitrogens is 1. The second-order valence-corrected chi connectivity index (χ2v) is 6.07. The number of carbonyl (C=O) groups is 2. The second-order valence-electron chi connectivity index (χ2n) is 6.07. The number of methoxy groups -OCH3 is 1. The van der Waals surface area contributed by atoms with Gasteiger partial charge >= 0.3 is 5.97 Å². The molecule has 0 aliphatic carbocycles. The van der Waals surface area contributed by atoms with Gasteiger partial charge in [-0.1, -0.05) is 0 Å². The van der Waals surface area contributed by atoms with E-state index in [1.165, 1.54) is 13.3 Å². The number of nitrogens with one attached hydrogen (secondary N) is 2. The third kappa shape index (κ3) is 5.32. The first-order chi connectivity index (χ1) is 14.1. The molecule has 1 amide bonds. The molecule has 148 valence electrons. The largest absolute Gasteiger partial charge is 0.494 e. The summed E-state index contributed by atoms with van der Waals surface area (Å²) in [5.74, 6) is 0.0568. The molecule has 3 aromatic rings. The number of carbonyl (C=O) groups excluding carboxylic acids is 2. The van der Waals surface area contributed by atoms with Crippen LogP contribution in [-0.4, -0.2) is 30.6 Å². The molecule has 1 aromatic heterocycles. The normalized spacial score (nSPS) is 10.1. The first-order valence-electron chi connectivity index (χ1n) is 9.03. The van der Waals surface area contributed by atoms with Crippen LogP contribution in [0.2, 0.25) is 0 Å². The Kier molecular flexibility index (Phi) is 6.42. The minimum atomic E-state index is -0.430. The molecule has 0 saturated heterocycles. The summed E-state index contributed by atoms with van der Waals surface area (Å²) in [6, 6.07) is 15.7. The average molecular weight is 391 g/mol. The van der Waals surface area contributed by atoms with E-state index in [2.05, 4.69) is 20.4 Å². The molecule has 0 unspecified atom stereocenters. The highest BCUT2D eigenvalue weighted by Crippen LogP contribution is 2.21. The van der Waals surface area contributed by atoms with Crippen molar-refractivity contribution in [3.05, 3.63) is 78.1 Å². The molecule has 0 bridgehead atoms. The van der Waals surface area contributed by atoms with Crippen LogP contribution in [0.4, 0.5) is 17.1 Å². The average Bonchev–Trinajstić information content (AvgIpc) is 2.75. The van der Waals surface area contributed by atoms with E-state index in [1.54, 1.807) is 36.5 Å². The Morgan fingerprint density at radius 1 is 0.897 bits per heavy atom. The SMILES string of the molecule is CCOc1ccc(Nc2cncc(C(=O)Nc3ccc(C(=O)OC)cc3)c2)cc1. The van der Waals surface area contributed by atoms with E-state index in [0.29, 0.717) is 29.1 Å². The molecular formula is C22H21N3O4. The highest BCUT2D eigenvalue weighted by molar-refractivity contribution is 6.04. The molecule has 2 aromatic carbocycles. The lowest BCUT2D eigenvalue weighted by Gasteiger charge is -2.10. The topological polar surface area (TPSA) is 89.5 Å². The summed E-state index contributed by atoms with van der Waals surface area (Å²) in [4.78, 5) is 28.1. The van der Waals surface area contributed by atoms with Crippen LogP contribution in [0.25, 0.3) is 0 Å². The molecule has 0 fully saturated rings. The molecule has 7 heteroatoms. The molecule has 0 aliphatic heterocycles. The van der Waals surface area contributed by atoms with Crippen molar-refractivity contribution in [2.24, 2.45) is 0 Å². The highest BCUT2D eigenvalue weighted by atomic mass is 16.5. The van der Waals surface area contributed by atoms with Crippen molar-refractivity contribution >= 4 is 28.9 Å². The first kappa shape index (κ1) is 19.9. The molecule has 29 heavy (non-hydrogen) atoms. The zero-order valence-corrected chi connectivity index (χ0v) is 16.1. The summed E-state index contributed by atoms with van der Waals surface area (Å²) < 4.78 is 10.1. The number of nitrogens with zero attached hydrogens (tertiary/aromatic N) is 1. The predicted octanol–water partition coefficient (Wildman–Crippen LogP) is 4.26. The Morgan fingerprint density at radius 2 is 1.59 bits per heavy atom. The second kappa shape index (κ2) is 9.36. The standard InChI is InChI=1S/C22H21N3O4/c1-3-29-20-10-8-17(9-11-20)24-19-12-16(13-23-14-19)21(26)25-18-6-4-15(5-7-18)22(27)28-2/h4-14,24H,3H2,1-2H3,(H,25,26). The minimum absolute atomic E-state index is 0.307. The quantitative estimate of drug-likeness (QED) is 0.585. The zero-order valence-electron chi connectivity index (χ0n) is 16.1. The van der Waals surface area contributed by atoms with Gasteiger partial charge in [-0.25, -0.2) is 4.79 Å². The van der Waals surface area contributed by atoms with Crippen LogP contribution in [0.3, 0.4) is 0 Å². The van der Waals surface area contributed by atoms with Crippen LogP contribution in [0.1, 0.15) is 27.6 Å². The maximum absolute atomic E-state index is 12.5. The van der Waals surface area contributed by atoms with E-state index in [1.807, 2.05) is 31.2 Å². The van der Waals surface area contributed by atoms with Gasteiger partial charge in [0.2, 0.25) is 0 Å². The Hall–Kier alpha value is -3.87. The van der Waals surface area contributed by atoms with E-state index in [4.69, 9.17) is 4.74 Å². The fraction of sp³-hybridized carbons (Fsp3) is 0.136. The lowest BCUT2D eigenvalue weighted by Crippen LogP contribution is -2.12. The fourth-order valence-corrected chi connectivity index (χ4v) is 2.61. The molecule has 0 aliphatic rings. The lowest BCUT2D eigenvalue weighted by atomic mass is 10.2. The number of benzene rings is 2. The van der Waals surface area contributed by atoms with Gasteiger partial charge in [0.25, 0.3) is 5.91 Å². The zero-order chi connectivity index (χ0) is 20.6. The number of pyridine rings is 1. The van der Waals surface area contributed by atoms with Crippen LogP contribution < -0.4 is 15.4 Å². The van der Waals surface area contributed by atoms with Crippen LogP contribution >= 0.6 is 0 Å². The predicted molar refractivity (Wildman–Crippen MR) is 111 cm³/mol. The third-order valence-electron chi connectivity index (χ3n) is 4.02. The van der Waals surface area contributed by atoms with Crippen LogP contribution in [-0.2, 0) is 4.74 Å². The molecule has 0 saturated carbocycles. The summed E-state index contributed by atoms with van der Waals surface area (Å²) in [5, 5.41) is 5.99. The van der Waals surface area contributed by atoms with Crippen LogP contribution in [0.5, 0.6) is 5.75 Å². The third-order valence-corrected chi connectivity index (χ3v) is 4.02. The highest BCUT2D eigenvalue weighted by Gasteiger charge is 2.09. The molecule has 0 spiro atoms. The molecule has 0 radical (unpaired) electrons. The molecule has 1 heterocycles. The van der Waals surface area contributed by atoms with Gasteiger partial charge in [0.1, 0.15) is 5.75 Å². The Bertz CT molecular complexity index is 986. The van der Waals surface area contributed by atoms with Gasteiger partial charge in [-0.15, -0.1) is 0 Å². The number of rotatable bonds is 7. The maximum atomic E-state index is 12.5. The smallest absolute Gasteiger partial charge is 0.337 e. The molecular weight excluding hydrogens is 370 g/mol. The Balaban J connectivity index is 1.66. The number of ether oxygens (including phenoxy) is 2. The van der Waals surface area contributed by atoms with Gasteiger partial charge in [0.05, 0.1) is 36.7 Å².